The highest BCUT2D eigenvalue weighted by atomic mass is 16.5. The number of benzene rings is 1. The van der Waals surface area contributed by atoms with Gasteiger partial charge in [0, 0.05) is 30.3 Å². The molecule has 0 spiro atoms. The SMILES string of the molecule is C=CC1C[NH+]2CC[C@H]1C[C@H]2[C@H](O)c1ccnc2ccc(OC)cc12. The van der Waals surface area contributed by atoms with Crippen LogP contribution >= 0.6 is 0 Å². The topological polar surface area (TPSA) is 46.8 Å². The van der Waals surface area contributed by atoms with Gasteiger partial charge < -0.3 is 14.7 Å². The minimum atomic E-state index is -0.467. The molecule has 3 aliphatic heterocycles. The van der Waals surface area contributed by atoms with Crippen LogP contribution in [0.15, 0.2) is 43.1 Å². The quantitative estimate of drug-likeness (QED) is 0.842. The van der Waals surface area contributed by atoms with Gasteiger partial charge in [-0.25, -0.2) is 0 Å². The van der Waals surface area contributed by atoms with Crippen molar-refractivity contribution < 1.29 is 14.7 Å². The van der Waals surface area contributed by atoms with Crippen LogP contribution in [-0.4, -0.2) is 36.3 Å². The molecule has 2 bridgehead atoms. The van der Waals surface area contributed by atoms with Gasteiger partial charge in [-0.15, -0.1) is 6.58 Å². The Balaban J connectivity index is 1.69. The van der Waals surface area contributed by atoms with Gasteiger partial charge in [0.2, 0.25) is 0 Å². The summed E-state index contributed by atoms with van der Waals surface area (Å²) >= 11 is 0. The lowest BCUT2D eigenvalue weighted by Gasteiger charge is -2.47. The summed E-state index contributed by atoms with van der Waals surface area (Å²) in [5.41, 5.74) is 1.88. The smallest absolute Gasteiger partial charge is 0.131 e. The molecular weight excluding hydrogens is 300 g/mol. The normalized spacial score (nSPS) is 30.2. The molecule has 4 heteroatoms. The summed E-state index contributed by atoms with van der Waals surface area (Å²) in [5, 5.41) is 12.2. The molecule has 1 aromatic carbocycles. The number of aromatic nitrogens is 1. The molecule has 3 fully saturated rings. The number of fused-ring (bicyclic) bond motifs is 4. The molecule has 4 heterocycles. The Labute approximate surface area is 142 Å². The van der Waals surface area contributed by atoms with E-state index in [0.717, 1.165) is 41.7 Å². The Bertz CT molecular complexity index is 760. The first-order valence-electron chi connectivity index (χ1n) is 8.79. The molecule has 0 radical (unpaired) electrons. The van der Waals surface area contributed by atoms with Crippen molar-refractivity contribution in [3.63, 3.8) is 0 Å². The van der Waals surface area contributed by atoms with Crippen molar-refractivity contribution in [3.05, 3.63) is 48.7 Å². The Hall–Kier alpha value is -1.91. The van der Waals surface area contributed by atoms with E-state index < -0.39 is 6.10 Å². The second kappa shape index (κ2) is 6.19. The molecule has 24 heavy (non-hydrogen) atoms. The number of hydrogen-bond donors (Lipinski definition) is 2. The highest BCUT2D eigenvalue weighted by molar-refractivity contribution is 5.83. The second-order valence-corrected chi connectivity index (χ2v) is 7.13. The zero-order valence-corrected chi connectivity index (χ0v) is 14.1. The molecule has 126 valence electrons. The third-order valence-corrected chi connectivity index (χ3v) is 6.01. The first-order valence-corrected chi connectivity index (χ1v) is 8.79. The number of quaternary nitrogens is 1. The van der Waals surface area contributed by atoms with Crippen LogP contribution < -0.4 is 9.64 Å². The zero-order chi connectivity index (χ0) is 16.7. The van der Waals surface area contributed by atoms with Gasteiger partial charge in [0.15, 0.2) is 0 Å². The van der Waals surface area contributed by atoms with Gasteiger partial charge in [0.05, 0.1) is 25.7 Å². The molecule has 4 nitrogen and oxygen atoms in total. The maximum Gasteiger partial charge on any atom is 0.131 e. The van der Waals surface area contributed by atoms with E-state index in [2.05, 4.69) is 17.6 Å². The van der Waals surface area contributed by atoms with E-state index in [1.807, 2.05) is 24.3 Å². The minimum Gasteiger partial charge on any atom is -0.497 e. The highest BCUT2D eigenvalue weighted by Gasteiger charge is 2.45. The Morgan fingerprint density at radius 1 is 1.42 bits per heavy atom. The fourth-order valence-electron chi connectivity index (χ4n) is 4.65. The number of nitrogens with one attached hydrogen (secondary N) is 1. The molecule has 1 aromatic heterocycles. The molecular formula is C20H25N2O2+. The Morgan fingerprint density at radius 3 is 3.00 bits per heavy atom. The Morgan fingerprint density at radius 2 is 2.29 bits per heavy atom. The van der Waals surface area contributed by atoms with Gasteiger partial charge >= 0.3 is 0 Å². The van der Waals surface area contributed by atoms with Crippen LogP contribution in [0.25, 0.3) is 10.9 Å². The Kier molecular flexibility index (Phi) is 4.02. The van der Waals surface area contributed by atoms with Crippen LogP contribution in [0, 0.1) is 11.8 Å². The van der Waals surface area contributed by atoms with E-state index >= 15 is 0 Å². The van der Waals surface area contributed by atoms with Crippen LogP contribution in [0.3, 0.4) is 0 Å². The van der Waals surface area contributed by atoms with Gasteiger partial charge in [0.1, 0.15) is 17.9 Å². The maximum absolute atomic E-state index is 11.2. The molecule has 2 unspecified atom stereocenters. The van der Waals surface area contributed by atoms with E-state index in [1.165, 1.54) is 11.3 Å². The zero-order valence-electron chi connectivity index (χ0n) is 14.1. The summed E-state index contributed by atoms with van der Waals surface area (Å²) in [5.74, 6) is 2.07. The third kappa shape index (κ3) is 2.50. The third-order valence-electron chi connectivity index (χ3n) is 6.01. The number of methoxy groups -OCH3 is 1. The van der Waals surface area contributed by atoms with Gasteiger partial charge in [-0.2, -0.15) is 0 Å². The summed E-state index contributed by atoms with van der Waals surface area (Å²) in [6, 6.07) is 8.08. The van der Waals surface area contributed by atoms with Gasteiger partial charge in [0.25, 0.3) is 0 Å². The van der Waals surface area contributed by atoms with Crippen LogP contribution in [0.1, 0.15) is 24.5 Å². The van der Waals surface area contributed by atoms with E-state index in [0.29, 0.717) is 11.8 Å². The molecule has 2 aromatic rings. The largest absolute Gasteiger partial charge is 0.497 e. The predicted octanol–water partition coefficient (Wildman–Crippen LogP) is 1.76. The number of aliphatic hydroxyl groups excluding tert-OH is 1. The predicted molar refractivity (Wildman–Crippen MR) is 94.2 cm³/mol. The van der Waals surface area contributed by atoms with Crippen LogP contribution in [0.4, 0.5) is 0 Å². The van der Waals surface area contributed by atoms with Gasteiger partial charge in [-0.3, -0.25) is 4.98 Å². The number of rotatable bonds is 4. The van der Waals surface area contributed by atoms with Crippen molar-refractivity contribution in [1.29, 1.82) is 0 Å². The first kappa shape index (κ1) is 15.6. The summed E-state index contributed by atoms with van der Waals surface area (Å²) in [6.45, 7) is 6.25. The fraction of sp³-hybridized carbons (Fsp3) is 0.450. The number of pyridine rings is 1. The van der Waals surface area contributed by atoms with Crippen molar-refractivity contribution in [3.8, 4) is 5.75 Å². The number of nitrogens with zero attached hydrogens (tertiary/aromatic N) is 1. The van der Waals surface area contributed by atoms with Crippen molar-refractivity contribution >= 4 is 10.9 Å². The molecule has 5 atom stereocenters. The molecule has 3 saturated heterocycles. The first-order chi connectivity index (χ1) is 11.7. The van der Waals surface area contributed by atoms with E-state index in [1.54, 1.807) is 13.3 Å². The van der Waals surface area contributed by atoms with E-state index in [4.69, 9.17) is 4.74 Å². The molecule has 0 aliphatic carbocycles. The number of piperidine rings is 3. The van der Waals surface area contributed by atoms with Crippen LogP contribution in [0.5, 0.6) is 5.75 Å². The summed E-state index contributed by atoms with van der Waals surface area (Å²) in [6.07, 6.45) is 5.76. The van der Waals surface area contributed by atoms with Gasteiger partial charge in [-0.1, -0.05) is 6.08 Å². The minimum absolute atomic E-state index is 0.261. The van der Waals surface area contributed by atoms with E-state index in [-0.39, 0.29) is 6.04 Å². The lowest BCUT2D eigenvalue weighted by Crippen LogP contribution is -3.20. The average molecular weight is 325 g/mol. The summed E-state index contributed by atoms with van der Waals surface area (Å²) in [4.78, 5) is 5.95. The highest BCUT2D eigenvalue weighted by Crippen LogP contribution is 2.34. The lowest BCUT2D eigenvalue weighted by molar-refractivity contribution is -0.949. The average Bonchev–Trinajstić information content (AvgIpc) is 2.66. The summed E-state index contributed by atoms with van der Waals surface area (Å²) < 4.78 is 5.35. The standard InChI is InChI=1S/C20H24N2O2/c1-3-13-12-22-9-7-14(13)10-19(22)20(23)16-6-8-21-18-5-4-15(24-2)11-17(16)18/h3-6,8,11,13-14,19-20,23H,1,7,9-10,12H2,2H3/p+1/t13?,14-,19-,20+/m0/s1. The molecule has 3 aliphatic rings. The van der Waals surface area contributed by atoms with Crippen molar-refractivity contribution in [1.82, 2.24) is 4.98 Å². The summed E-state index contributed by atoms with van der Waals surface area (Å²) in [7, 11) is 1.67. The molecule has 5 rings (SSSR count). The number of hydrogen-bond acceptors (Lipinski definition) is 3. The van der Waals surface area contributed by atoms with Crippen molar-refractivity contribution in [2.45, 2.75) is 25.0 Å². The second-order valence-electron chi connectivity index (χ2n) is 7.13. The van der Waals surface area contributed by atoms with Crippen LogP contribution in [-0.2, 0) is 0 Å². The molecule has 0 saturated carbocycles. The van der Waals surface area contributed by atoms with E-state index in [9.17, 15) is 5.11 Å². The monoisotopic (exact) mass is 325 g/mol. The maximum atomic E-state index is 11.2. The van der Waals surface area contributed by atoms with Crippen LogP contribution in [0.2, 0.25) is 0 Å². The number of ether oxygens (including phenoxy) is 1. The lowest BCUT2D eigenvalue weighted by atomic mass is 9.73. The molecule has 0 amide bonds. The number of aliphatic hydroxyl groups is 1. The van der Waals surface area contributed by atoms with Gasteiger partial charge in [-0.05, 0) is 35.7 Å². The molecule has 2 N–H and O–H groups in total. The van der Waals surface area contributed by atoms with Crippen molar-refractivity contribution in [2.24, 2.45) is 11.8 Å². The van der Waals surface area contributed by atoms with Crippen molar-refractivity contribution in [2.75, 3.05) is 20.2 Å². The fourth-order valence-corrected chi connectivity index (χ4v) is 4.65.